The molecule has 0 radical (unpaired) electrons. The lowest BCUT2D eigenvalue weighted by atomic mass is 10.1. The molecule has 19 heavy (non-hydrogen) atoms. The number of rotatable bonds is 2. The number of amides is 1. The highest BCUT2D eigenvalue weighted by Gasteiger charge is 2.37. The van der Waals surface area contributed by atoms with Crippen molar-refractivity contribution in [1.82, 2.24) is 4.90 Å². The number of ether oxygens (including phenoxy) is 1. The second kappa shape index (κ2) is 5.82. The van der Waals surface area contributed by atoms with Crippen molar-refractivity contribution >= 4 is 23.6 Å². The number of allylic oxidation sites excluding steroid dienone is 1. The average Bonchev–Trinajstić information content (AvgIpc) is 2.20. The molecule has 1 amide bonds. The first kappa shape index (κ1) is 15.8. The molecule has 0 fully saturated rings. The van der Waals surface area contributed by atoms with Crippen LogP contribution in [0.2, 0.25) is 0 Å². The van der Waals surface area contributed by atoms with Gasteiger partial charge >= 0.3 is 5.97 Å². The molecule has 1 rings (SSSR count). The second-order valence-electron chi connectivity index (χ2n) is 5.47. The smallest absolute Gasteiger partial charge is 0.304 e. The summed E-state index contributed by atoms with van der Waals surface area (Å²) in [4.78, 5) is 24.4. The predicted octanol–water partition coefficient (Wildman–Crippen LogP) is 2.71. The summed E-state index contributed by atoms with van der Waals surface area (Å²) in [5, 5.41) is -0.155. The van der Waals surface area contributed by atoms with Gasteiger partial charge < -0.3 is 4.74 Å². The molecular formula is C14H21NO3S. The van der Waals surface area contributed by atoms with Gasteiger partial charge in [0.2, 0.25) is 5.91 Å². The first-order chi connectivity index (χ1) is 8.61. The van der Waals surface area contributed by atoms with E-state index < -0.39 is 12.2 Å². The number of carbonyl (C=O) groups excluding carboxylic acids is 2. The minimum absolute atomic E-state index is 0.0281. The molecule has 0 spiro atoms. The second-order valence-corrected chi connectivity index (χ2v) is 7.44. The number of esters is 1. The van der Waals surface area contributed by atoms with Crippen LogP contribution in [0.5, 0.6) is 0 Å². The molecule has 2 unspecified atom stereocenters. The lowest BCUT2D eigenvalue weighted by Crippen LogP contribution is -2.48. The first-order valence-electron chi connectivity index (χ1n) is 6.13. The Balaban J connectivity index is 3.07. The van der Waals surface area contributed by atoms with Gasteiger partial charge in [-0.2, -0.15) is 0 Å². The van der Waals surface area contributed by atoms with E-state index in [0.717, 1.165) is 5.57 Å². The zero-order chi connectivity index (χ0) is 14.8. The molecular weight excluding hydrogens is 262 g/mol. The van der Waals surface area contributed by atoms with Crippen molar-refractivity contribution in [1.29, 1.82) is 0 Å². The Morgan fingerprint density at radius 2 is 1.95 bits per heavy atom. The molecule has 0 aromatic heterocycles. The SMILES string of the molecule is C=C1C=CN(C(C)=O)C(OC(C)=O)C1SC(C)(C)C. The maximum atomic E-state index is 11.7. The van der Waals surface area contributed by atoms with Crippen LogP contribution in [0.1, 0.15) is 34.6 Å². The van der Waals surface area contributed by atoms with Crippen LogP contribution in [0.4, 0.5) is 0 Å². The van der Waals surface area contributed by atoms with E-state index in [1.165, 1.54) is 18.7 Å². The molecule has 0 aromatic carbocycles. The molecule has 106 valence electrons. The molecule has 1 aliphatic rings. The van der Waals surface area contributed by atoms with Gasteiger partial charge in [-0.15, -0.1) is 11.8 Å². The van der Waals surface area contributed by atoms with Gasteiger partial charge in [-0.25, -0.2) is 0 Å². The Morgan fingerprint density at radius 3 is 2.37 bits per heavy atom. The molecule has 0 N–H and O–H groups in total. The van der Waals surface area contributed by atoms with E-state index in [4.69, 9.17) is 4.74 Å². The maximum absolute atomic E-state index is 11.7. The van der Waals surface area contributed by atoms with Gasteiger partial charge in [0.05, 0.1) is 5.25 Å². The number of carbonyl (C=O) groups is 2. The van der Waals surface area contributed by atoms with Crippen molar-refractivity contribution < 1.29 is 14.3 Å². The van der Waals surface area contributed by atoms with Crippen LogP contribution in [0.25, 0.3) is 0 Å². The van der Waals surface area contributed by atoms with E-state index in [9.17, 15) is 9.59 Å². The number of nitrogens with zero attached hydrogens (tertiary/aromatic N) is 1. The minimum atomic E-state index is -0.628. The molecule has 0 aromatic rings. The molecule has 0 saturated heterocycles. The summed E-state index contributed by atoms with van der Waals surface area (Å²) in [5.74, 6) is -0.562. The third kappa shape index (κ3) is 4.42. The van der Waals surface area contributed by atoms with Crippen LogP contribution in [0, 0.1) is 0 Å². The Hall–Kier alpha value is -1.23. The summed E-state index contributed by atoms with van der Waals surface area (Å²) in [7, 11) is 0. The fourth-order valence-corrected chi connectivity index (χ4v) is 3.07. The quantitative estimate of drug-likeness (QED) is 0.731. The van der Waals surface area contributed by atoms with Gasteiger partial charge in [0, 0.05) is 24.8 Å². The molecule has 1 heterocycles. The van der Waals surface area contributed by atoms with E-state index in [1.807, 2.05) is 0 Å². The third-order valence-electron chi connectivity index (χ3n) is 2.48. The van der Waals surface area contributed by atoms with Crippen molar-refractivity contribution in [3.63, 3.8) is 0 Å². The van der Waals surface area contributed by atoms with Crippen molar-refractivity contribution in [3.05, 3.63) is 24.4 Å². The lowest BCUT2D eigenvalue weighted by molar-refractivity contribution is -0.158. The van der Waals surface area contributed by atoms with Gasteiger partial charge in [-0.05, 0) is 11.6 Å². The largest absolute Gasteiger partial charge is 0.440 e. The normalized spacial score (nSPS) is 23.4. The summed E-state index contributed by atoms with van der Waals surface area (Å²) in [6.45, 7) is 13.0. The Morgan fingerprint density at radius 1 is 1.37 bits per heavy atom. The highest BCUT2D eigenvalue weighted by molar-refractivity contribution is 8.01. The van der Waals surface area contributed by atoms with E-state index in [-0.39, 0.29) is 15.9 Å². The Labute approximate surface area is 118 Å². The van der Waals surface area contributed by atoms with Crippen LogP contribution in [-0.2, 0) is 14.3 Å². The molecule has 0 bridgehead atoms. The summed E-state index contributed by atoms with van der Waals surface area (Å²) in [6.07, 6.45) is 2.79. The fraction of sp³-hybridized carbons (Fsp3) is 0.571. The minimum Gasteiger partial charge on any atom is -0.440 e. The zero-order valence-electron chi connectivity index (χ0n) is 12.1. The molecule has 5 heteroatoms. The number of hydrogen-bond acceptors (Lipinski definition) is 4. The standard InChI is InChI=1S/C14H21NO3S/c1-9-7-8-15(10(2)16)13(18-11(3)17)12(9)19-14(4,5)6/h7-8,12-13H,1H2,2-6H3. The van der Waals surface area contributed by atoms with E-state index in [2.05, 4.69) is 27.4 Å². The van der Waals surface area contributed by atoms with E-state index >= 15 is 0 Å². The van der Waals surface area contributed by atoms with E-state index in [0.29, 0.717) is 0 Å². The van der Waals surface area contributed by atoms with Crippen LogP contribution in [0.15, 0.2) is 24.4 Å². The molecule has 1 aliphatic heterocycles. The third-order valence-corrected chi connectivity index (χ3v) is 3.98. The van der Waals surface area contributed by atoms with Crippen LogP contribution >= 0.6 is 11.8 Å². The van der Waals surface area contributed by atoms with Crippen LogP contribution in [0.3, 0.4) is 0 Å². The van der Waals surface area contributed by atoms with Crippen molar-refractivity contribution in [2.75, 3.05) is 0 Å². The van der Waals surface area contributed by atoms with Gasteiger partial charge in [0.25, 0.3) is 0 Å². The molecule has 0 aliphatic carbocycles. The lowest BCUT2D eigenvalue weighted by Gasteiger charge is -2.39. The average molecular weight is 283 g/mol. The highest BCUT2D eigenvalue weighted by Crippen LogP contribution is 2.38. The van der Waals surface area contributed by atoms with Crippen molar-refractivity contribution in [2.24, 2.45) is 0 Å². The highest BCUT2D eigenvalue weighted by atomic mass is 32.2. The Kier molecular flexibility index (Phi) is 4.85. The van der Waals surface area contributed by atoms with Crippen LogP contribution < -0.4 is 0 Å². The van der Waals surface area contributed by atoms with Gasteiger partial charge in [0.1, 0.15) is 0 Å². The number of hydrogen-bond donors (Lipinski definition) is 0. The Bertz CT molecular complexity index is 423. The zero-order valence-corrected chi connectivity index (χ0v) is 12.9. The van der Waals surface area contributed by atoms with E-state index in [1.54, 1.807) is 24.0 Å². The van der Waals surface area contributed by atoms with Crippen molar-refractivity contribution in [3.8, 4) is 0 Å². The summed E-state index contributed by atoms with van der Waals surface area (Å²) < 4.78 is 5.30. The molecule has 0 saturated carbocycles. The summed E-state index contributed by atoms with van der Waals surface area (Å²) in [6, 6.07) is 0. The molecule has 2 atom stereocenters. The van der Waals surface area contributed by atoms with Gasteiger partial charge in [0.15, 0.2) is 6.23 Å². The first-order valence-corrected chi connectivity index (χ1v) is 7.01. The monoisotopic (exact) mass is 283 g/mol. The fourth-order valence-electron chi connectivity index (χ4n) is 1.77. The summed E-state index contributed by atoms with van der Waals surface area (Å²) in [5.41, 5.74) is 0.851. The molecule has 4 nitrogen and oxygen atoms in total. The topological polar surface area (TPSA) is 46.6 Å². The van der Waals surface area contributed by atoms with Gasteiger partial charge in [-0.1, -0.05) is 27.4 Å². The predicted molar refractivity (Wildman–Crippen MR) is 77.5 cm³/mol. The summed E-state index contributed by atoms with van der Waals surface area (Å²) >= 11 is 1.64. The van der Waals surface area contributed by atoms with Gasteiger partial charge in [-0.3, -0.25) is 14.5 Å². The maximum Gasteiger partial charge on any atom is 0.304 e. The van der Waals surface area contributed by atoms with Crippen LogP contribution in [-0.4, -0.2) is 33.0 Å². The number of thioether (sulfide) groups is 1. The van der Waals surface area contributed by atoms with Crippen molar-refractivity contribution in [2.45, 2.75) is 50.8 Å².